The SMILES string of the molecule is COc1ccc(OCC2CC2)cc1C(=O)NOC(F)(F)c1c(Cl)cncc1Cl. The molecule has 1 fully saturated rings. The van der Waals surface area contributed by atoms with Gasteiger partial charge in [-0.25, -0.2) is 5.48 Å². The van der Waals surface area contributed by atoms with Crippen molar-refractivity contribution < 1.29 is 27.9 Å². The molecular weight excluding hydrogens is 417 g/mol. The van der Waals surface area contributed by atoms with Crippen LogP contribution in [0.1, 0.15) is 28.8 Å². The maximum Gasteiger partial charge on any atom is 0.405 e. The Morgan fingerprint density at radius 1 is 1.29 bits per heavy atom. The van der Waals surface area contributed by atoms with Gasteiger partial charge in [0, 0.05) is 12.4 Å². The van der Waals surface area contributed by atoms with Crippen LogP contribution in [0.4, 0.5) is 8.78 Å². The molecule has 1 saturated carbocycles. The molecule has 0 bridgehead atoms. The van der Waals surface area contributed by atoms with Crippen molar-refractivity contribution in [2.45, 2.75) is 19.0 Å². The molecule has 0 atom stereocenters. The fourth-order valence-corrected chi connectivity index (χ4v) is 2.94. The molecule has 0 saturated heterocycles. The zero-order valence-electron chi connectivity index (χ0n) is 14.7. The third kappa shape index (κ3) is 4.81. The maximum absolute atomic E-state index is 14.3. The number of carbonyl (C=O) groups excluding carboxylic acids is 1. The van der Waals surface area contributed by atoms with E-state index in [-0.39, 0.29) is 11.3 Å². The van der Waals surface area contributed by atoms with E-state index >= 15 is 0 Å². The summed E-state index contributed by atoms with van der Waals surface area (Å²) in [6, 6.07) is 4.53. The number of alkyl halides is 2. The Hall–Kier alpha value is -2.16. The minimum atomic E-state index is -3.99. The normalized spacial score (nSPS) is 13.9. The molecule has 0 aliphatic heterocycles. The van der Waals surface area contributed by atoms with Gasteiger partial charge in [-0.15, -0.1) is 0 Å². The van der Waals surface area contributed by atoms with Gasteiger partial charge in [-0.05, 0) is 37.0 Å². The summed E-state index contributed by atoms with van der Waals surface area (Å²) in [6.45, 7) is 0.529. The topological polar surface area (TPSA) is 69.7 Å². The van der Waals surface area contributed by atoms with Crippen molar-refractivity contribution in [3.05, 3.63) is 51.8 Å². The van der Waals surface area contributed by atoms with Gasteiger partial charge in [0.1, 0.15) is 11.5 Å². The Kier molecular flexibility index (Phi) is 6.22. The second-order valence-electron chi connectivity index (χ2n) is 6.14. The largest absolute Gasteiger partial charge is 0.496 e. The van der Waals surface area contributed by atoms with E-state index < -0.39 is 27.6 Å². The van der Waals surface area contributed by atoms with Crippen LogP contribution in [0.3, 0.4) is 0 Å². The zero-order valence-corrected chi connectivity index (χ0v) is 16.2. The highest BCUT2D eigenvalue weighted by Gasteiger charge is 2.39. The second kappa shape index (κ2) is 8.46. The molecule has 0 unspecified atom stereocenters. The molecule has 1 aliphatic carbocycles. The van der Waals surface area contributed by atoms with Crippen molar-refractivity contribution in [3.63, 3.8) is 0 Å². The summed E-state index contributed by atoms with van der Waals surface area (Å²) in [7, 11) is 1.35. The number of hydrogen-bond donors (Lipinski definition) is 1. The van der Waals surface area contributed by atoms with Crippen LogP contribution < -0.4 is 15.0 Å². The third-order valence-corrected chi connectivity index (χ3v) is 4.59. The first-order valence-corrected chi connectivity index (χ1v) is 9.04. The van der Waals surface area contributed by atoms with E-state index in [0.29, 0.717) is 18.3 Å². The standard InChI is InChI=1S/C18H16Cl2F2N2O4/c1-26-15-5-4-11(27-9-10-2-3-10)6-12(15)17(25)24-28-18(21,22)16-13(19)7-23-8-14(16)20/h4-8,10H,2-3,9H2,1H3,(H,24,25). The van der Waals surface area contributed by atoms with Gasteiger partial charge in [0.2, 0.25) is 0 Å². The lowest BCUT2D eigenvalue weighted by Gasteiger charge is -2.19. The van der Waals surface area contributed by atoms with Crippen molar-refractivity contribution in [2.75, 3.05) is 13.7 Å². The summed E-state index contributed by atoms with van der Waals surface area (Å²) in [4.78, 5) is 20.3. The van der Waals surface area contributed by atoms with Gasteiger partial charge >= 0.3 is 6.11 Å². The van der Waals surface area contributed by atoms with Crippen LogP contribution in [0.15, 0.2) is 30.6 Å². The number of aromatic nitrogens is 1. The Morgan fingerprint density at radius 2 is 1.96 bits per heavy atom. The van der Waals surface area contributed by atoms with E-state index in [1.54, 1.807) is 11.5 Å². The minimum Gasteiger partial charge on any atom is -0.496 e. The quantitative estimate of drug-likeness (QED) is 0.617. The molecule has 0 spiro atoms. The third-order valence-electron chi connectivity index (χ3n) is 4.01. The number of nitrogens with zero attached hydrogens (tertiary/aromatic N) is 1. The number of benzene rings is 1. The molecule has 1 heterocycles. The van der Waals surface area contributed by atoms with Gasteiger partial charge < -0.3 is 9.47 Å². The Labute approximate surface area is 169 Å². The number of methoxy groups -OCH3 is 1. The smallest absolute Gasteiger partial charge is 0.405 e. The first-order valence-electron chi connectivity index (χ1n) is 8.28. The fraction of sp³-hybridized carbons (Fsp3) is 0.333. The molecular formula is C18H16Cl2F2N2O4. The highest BCUT2D eigenvalue weighted by molar-refractivity contribution is 6.35. The number of hydrogen-bond acceptors (Lipinski definition) is 5. The van der Waals surface area contributed by atoms with E-state index in [0.717, 1.165) is 25.2 Å². The van der Waals surface area contributed by atoms with Crippen molar-refractivity contribution >= 4 is 29.1 Å². The molecule has 150 valence electrons. The Bertz CT molecular complexity index is 858. The summed E-state index contributed by atoms with van der Waals surface area (Å²) in [5, 5.41) is -0.806. The second-order valence-corrected chi connectivity index (χ2v) is 6.96. The van der Waals surface area contributed by atoms with Gasteiger partial charge in [-0.1, -0.05) is 23.2 Å². The van der Waals surface area contributed by atoms with Gasteiger partial charge in [-0.3, -0.25) is 9.78 Å². The predicted molar refractivity (Wildman–Crippen MR) is 97.9 cm³/mol. The maximum atomic E-state index is 14.3. The van der Waals surface area contributed by atoms with Gasteiger partial charge in [-0.2, -0.15) is 13.6 Å². The molecule has 0 radical (unpaired) electrons. The van der Waals surface area contributed by atoms with E-state index in [9.17, 15) is 13.6 Å². The van der Waals surface area contributed by atoms with Crippen LogP contribution in [0.25, 0.3) is 0 Å². The lowest BCUT2D eigenvalue weighted by atomic mass is 10.2. The van der Waals surface area contributed by atoms with Gasteiger partial charge in [0.25, 0.3) is 5.91 Å². The van der Waals surface area contributed by atoms with Crippen LogP contribution >= 0.6 is 23.2 Å². The lowest BCUT2D eigenvalue weighted by molar-refractivity contribution is -0.272. The molecule has 2 aromatic rings. The first kappa shape index (κ1) is 20.6. The average molecular weight is 433 g/mol. The molecule has 1 amide bonds. The van der Waals surface area contributed by atoms with Crippen LogP contribution in [-0.4, -0.2) is 24.6 Å². The molecule has 3 rings (SSSR count). The first-order chi connectivity index (χ1) is 13.3. The van der Waals surface area contributed by atoms with Crippen molar-refractivity contribution in [3.8, 4) is 11.5 Å². The number of halogens is 4. The van der Waals surface area contributed by atoms with Crippen molar-refractivity contribution in [1.29, 1.82) is 0 Å². The molecule has 1 N–H and O–H groups in total. The van der Waals surface area contributed by atoms with E-state index in [2.05, 4.69) is 9.82 Å². The Morgan fingerprint density at radius 3 is 2.57 bits per heavy atom. The number of rotatable bonds is 8. The Balaban J connectivity index is 1.73. The van der Waals surface area contributed by atoms with Crippen LogP contribution in [0, 0.1) is 5.92 Å². The van der Waals surface area contributed by atoms with Crippen molar-refractivity contribution in [1.82, 2.24) is 10.5 Å². The summed E-state index contributed by atoms with van der Waals surface area (Å²) in [6.07, 6.45) is 0.205. The van der Waals surface area contributed by atoms with Gasteiger partial charge in [0.15, 0.2) is 0 Å². The number of nitrogens with one attached hydrogen (secondary N) is 1. The summed E-state index contributed by atoms with van der Waals surface area (Å²) < 4.78 is 39.4. The zero-order chi connectivity index (χ0) is 20.3. The molecule has 10 heteroatoms. The van der Waals surface area contributed by atoms with Crippen LogP contribution in [0.2, 0.25) is 10.0 Å². The number of ether oxygens (including phenoxy) is 2. The summed E-state index contributed by atoms with van der Waals surface area (Å²) >= 11 is 11.4. The highest BCUT2D eigenvalue weighted by atomic mass is 35.5. The van der Waals surface area contributed by atoms with Crippen molar-refractivity contribution in [2.24, 2.45) is 5.92 Å². The number of carbonyl (C=O) groups is 1. The van der Waals surface area contributed by atoms with Crippen LogP contribution in [0.5, 0.6) is 11.5 Å². The molecule has 28 heavy (non-hydrogen) atoms. The summed E-state index contributed by atoms with van der Waals surface area (Å²) in [5.41, 5.74) is 0.874. The lowest BCUT2D eigenvalue weighted by Crippen LogP contribution is -2.33. The van der Waals surface area contributed by atoms with E-state index in [1.807, 2.05) is 0 Å². The minimum absolute atomic E-state index is 0.0291. The van der Waals surface area contributed by atoms with E-state index in [4.69, 9.17) is 32.7 Å². The molecule has 1 aromatic carbocycles. The number of hydroxylamine groups is 1. The average Bonchev–Trinajstić information content (AvgIpc) is 3.48. The monoisotopic (exact) mass is 432 g/mol. The van der Waals surface area contributed by atoms with E-state index in [1.165, 1.54) is 19.2 Å². The highest BCUT2D eigenvalue weighted by Crippen LogP contribution is 2.38. The fourth-order valence-electron chi connectivity index (χ4n) is 2.36. The predicted octanol–water partition coefficient (Wildman–Crippen LogP) is 4.60. The molecule has 1 aromatic heterocycles. The number of pyridine rings is 1. The molecule has 1 aliphatic rings. The number of amides is 1. The summed E-state index contributed by atoms with van der Waals surface area (Å²) in [5.74, 6) is 0.152. The van der Waals surface area contributed by atoms with Gasteiger partial charge in [0.05, 0.1) is 34.9 Å². The molecule has 6 nitrogen and oxygen atoms in total. The van der Waals surface area contributed by atoms with Crippen LogP contribution in [-0.2, 0) is 10.9 Å².